The largest absolute Gasteiger partial charge is 0.389 e. The molecule has 2 aromatic carbocycles. The summed E-state index contributed by atoms with van der Waals surface area (Å²) in [6.45, 7) is 1.19. The van der Waals surface area contributed by atoms with E-state index in [0.717, 1.165) is 16.7 Å². The Morgan fingerprint density at radius 1 is 1.05 bits per heavy atom. The zero-order chi connectivity index (χ0) is 14.8. The van der Waals surface area contributed by atoms with Crippen molar-refractivity contribution < 1.29 is 9.53 Å². The molecular formula is C16H14N2O2S. The number of carbonyl (C=O) groups excluding carboxylic acids is 1. The molecule has 0 radical (unpaired) electrons. The van der Waals surface area contributed by atoms with Gasteiger partial charge in [-0.15, -0.1) is 0 Å². The van der Waals surface area contributed by atoms with E-state index >= 15 is 0 Å². The SMILES string of the molecule is NC(=S)c1ccc(NC(=O)c2ccc3c(c2)COC3)cc1. The number of fused-ring (bicyclic) bond motifs is 1. The zero-order valence-corrected chi connectivity index (χ0v) is 12.1. The van der Waals surface area contributed by atoms with E-state index in [2.05, 4.69) is 5.32 Å². The predicted molar refractivity (Wildman–Crippen MR) is 85.2 cm³/mol. The van der Waals surface area contributed by atoms with Crippen LogP contribution < -0.4 is 11.1 Å². The lowest BCUT2D eigenvalue weighted by atomic mass is 10.1. The zero-order valence-electron chi connectivity index (χ0n) is 11.3. The van der Waals surface area contributed by atoms with Crippen LogP contribution in [0.5, 0.6) is 0 Å². The first-order chi connectivity index (χ1) is 10.1. The lowest BCUT2D eigenvalue weighted by Gasteiger charge is -2.07. The molecule has 1 aliphatic heterocycles. The average Bonchev–Trinajstić information content (AvgIpc) is 2.95. The van der Waals surface area contributed by atoms with Crippen LogP contribution in [0.2, 0.25) is 0 Å². The van der Waals surface area contributed by atoms with Gasteiger partial charge in [-0.3, -0.25) is 4.79 Å². The first-order valence-electron chi connectivity index (χ1n) is 6.54. The molecule has 0 bridgehead atoms. The lowest BCUT2D eigenvalue weighted by Crippen LogP contribution is -2.13. The van der Waals surface area contributed by atoms with Gasteiger partial charge < -0.3 is 15.8 Å². The topological polar surface area (TPSA) is 64.3 Å². The fourth-order valence-corrected chi connectivity index (χ4v) is 2.37. The van der Waals surface area contributed by atoms with Gasteiger partial charge in [-0.1, -0.05) is 18.3 Å². The molecule has 3 N–H and O–H groups in total. The van der Waals surface area contributed by atoms with Crippen molar-refractivity contribution in [2.45, 2.75) is 13.2 Å². The van der Waals surface area contributed by atoms with Gasteiger partial charge in [-0.25, -0.2) is 0 Å². The van der Waals surface area contributed by atoms with Crippen LogP contribution in [0, 0.1) is 0 Å². The first-order valence-corrected chi connectivity index (χ1v) is 6.95. The highest BCUT2D eigenvalue weighted by Crippen LogP contribution is 2.21. The van der Waals surface area contributed by atoms with Crippen LogP contribution in [-0.2, 0) is 18.0 Å². The highest BCUT2D eigenvalue weighted by Gasteiger charge is 2.14. The van der Waals surface area contributed by atoms with Gasteiger partial charge in [0.25, 0.3) is 5.91 Å². The number of ether oxygens (including phenoxy) is 1. The molecule has 0 fully saturated rings. The van der Waals surface area contributed by atoms with Crippen LogP contribution in [-0.4, -0.2) is 10.9 Å². The molecule has 0 saturated carbocycles. The van der Waals surface area contributed by atoms with Crippen LogP contribution in [0.4, 0.5) is 5.69 Å². The number of carbonyl (C=O) groups is 1. The molecule has 0 saturated heterocycles. The third-order valence-electron chi connectivity index (χ3n) is 3.41. The predicted octanol–water partition coefficient (Wildman–Crippen LogP) is 2.60. The van der Waals surface area contributed by atoms with Crippen molar-refractivity contribution in [1.82, 2.24) is 0 Å². The monoisotopic (exact) mass is 298 g/mol. The fraction of sp³-hybridized carbons (Fsp3) is 0.125. The number of nitrogens with one attached hydrogen (secondary N) is 1. The molecule has 3 rings (SSSR count). The van der Waals surface area contributed by atoms with Crippen LogP contribution in [0.15, 0.2) is 42.5 Å². The van der Waals surface area contributed by atoms with E-state index in [1.807, 2.05) is 18.2 Å². The third kappa shape index (κ3) is 2.94. The molecular weight excluding hydrogens is 284 g/mol. The molecule has 106 valence electrons. The number of benzene rings is 2. The van der Waals surface area contributed by atoms with Gasteiger partial charge in [0.2, 0.25) is 0 Å². The van der Waals surface area contributed by atoms with Crippen molar-refractivity contribution in [3.63, 3.8) is 0 Å². The molecule has 0 aromatic heterocycles. The molecule has 21 heavy (non-hydrogen) atoms. The van der Waals surface area contributed by atoms with Crippen LogP contribution in [0.25, 0.3) is 0 Å². The number of hydrogen-bond acceptors (Lipinski definition) is 3. The summed E-state index contributed by atoms with van der Waals surface area (Å²) in [7, 11) is 0. The number of nitrogens with two attached hydrogens (primary N) is 1. The van der Waals surface area contributed by atoms with Crippen LogP contribution in [0.3, 0.4) is 0 Å². The normalized spacial score (nSPS) is 12.8. The van der Waals surface area contributed by atoms with Crippen LogP contribution >= 0.6 is 12.2 Å². The summed E-state index contributed by atoms with van der Waals surface area (Å²) in [5.41, 5.74) is 9.87. The van der Waals surface area contributed by atoms with Crippen LogP contribution in [0.1, 0.15) is 27.0 Å². The van der Waals surface area contributed by atoms with Crippen molar-refractivity contribution in [2.75, 3.05) is 5.32 Å². The Bertz CT molecular complexity index is 711. The van der Waals surface area contributed by atoms with Gasteiger partial charge in [-0.05, 0) is 47.5 Å². The number of rotatable bonds is 3. The van der Waals surface area contributed by atoms with E-state index in [9.17, 15) is 4.79 Å². The molecule has 0 atom stereocenters. The minimum atomic E-state index is -0.146. The summed E-state index contributed by atoms with van der Waals surface area (Å²) in [4.78, 5) is 12.6. The van der Waals surface area contributed by atoms with Gasteiger partial charge in [0.05, 0.1) is 13.2 Å². The lowest BCUT2D eigenvalue weighted by molar-refractivity contribution is 0.102. The summed E-state index contributed by atoms with van der Waals surface area (Å²) in [5.74, 6) is -0.146. The van der Waals surface area contributed by atoms with Crippen molar-refractivity contribution in [2.24, 2.45) is 5.73 Å². The van der Waals surface area contributed by atoms with E-state index in [1.54, 1.807) is 24.3 Å². The first kappa shape index (κ1) is 13.7. The highest BCUT2D eigenvalue weighted by atomic mass is 32.1. The summed E-state index contributed by atoms with van der Waals surface area (Å²) >= 11 is 4.89. The van der Waals surface area contributed by atoms with Gasteiger partial charge in [0.15, 0.2) is 0 Å². The maximum absolute atomic E-state index is 12.2. The standard InChI is InChI=1S/C16H14N2O2S/c17-15(21)10-3-5-14(6-4-10)18-16(19)11-1-2-12-8-20-9-13(12)7-11/h1-7H,8-9H2,(H2,17,21)(H,18,19). The second-order valence-corrected chi connectivity index (χ2v) is 5.31. The maximum Gasteiger partial charge on any atom is 0.255 e. The van der Waals surface area contributed by atoms with Crippen molar-refractivity contribution in [1.29, 1.82) is 0 Å². The molecule has 1 heterocycles. The van der Waals surface area contributed by atoms with E-state index in [0.29, 0.717) is 29.5 Å². The Hall–Kier alpha value is -2.24. The number of hydrogen-bond donors (Lipinski definition) is 2. The maximum atomic E-state index is 12.2. The van der Waals surface area contributed by atoms with E-state index in [1.165, 1.54) is 0 Å². The van der Waals surface area contributed by atoms with Crippen molar-refractivity contribution in [3.05, 3.63) is 64.7 Å². The minimum absolute atomic E-state index is 0.146. The number of amides is 1. The smallest absolute Gasteiger partial charge is 0.255 e. The van der Waals surface area contributed by atoms with Crippen molar-refractivity contribution >= 4 is 28.8 Å². The summed E-state index contributed by atoms with van der Waals surface area (Å²) < 4.78 is 5.35. The van der Waals surface area contributed by atoms with Gasteiger partial charge in [-0.2, -0.15) is 0 Å². The highest BCUT2D eigenvalue weighted by molar-refractivity contribution is 7.80. The van der Waals surface area contributed by atoms with Gasteiger partial charge in [0.1, 0.15) is 4.99 Å². The Balaban J connectivity index is 1.75. The number of thiocarbonyl (C=S) groups is 1. The molecule has 1 amide bonds. The third-order valence-corrected chi connectivity index (χ3v) is 3.65. The minimum Gasteiger partial charge on any atom is -0.389 e. The Morgan fingerprint density at radius 2 is 1.71 bits per heavy atom. The molecule has 4 nitrogen and oxygen atoms in total. The quantitative estimate of drug-likeness (QED) is 0.855. The Morgan fingerprint density at radius 3 is 2.43 bits per heavy atom. The Kier molecular flexibility index (Phi) is 3.68. The fourth-order valence-electron chi connectivity index (χ4n) is 2.23. The molecule has 0 unspecified atom stereocenters. The van der Waals surface area contributed by atoms with E-state index < -0.39 is 0 Å². The second-order valence-electron chi connectivity index (χ2n) is 4.87. The van der Waals surface area contributed by atoms with Gasteiger partial charge >= 0.3 is 0 Å². The Labute approximate surface area is 127 Å². The molecule has 5 heteroatoms. The summed E-state index contributed by atoms with van der Waals surface area (Å²) in [6.07, 6.45) is 0. The number of anilines is 1. The van der Waals surface area contributed by atoms with Gasteiger partial charge in [0, 0.05) is 16.8 Å². The van der Waals surface area contributed by atoms with E-state index in [4.69, 9.17) is 22.7 Å². The second kappa shape index (κ2) is 5.63. The summed E-state index contributed by atoms with van der Waals surface area (Å²) in [5, 5.41) is 2.85. The molecule has 2 aromatic rings. The molecule has 0 aliphatic carbocycles. The average molecular weight is 298 g/mol. The summed E-state index contributed by atoms with van der Waals surface area (Å²) in [6, 6.07) is 12.8. The van der Waals surface area contributed by atoms with E-state index in [-0.39, 0.29) is 5.91 Å². The van der Waals surface area contributed by atoms with Crippen molar-refractivity contribution in [3.8, 4) is 0 Å². The molecule has 1 aliphatic rings. The molecule has 0 spiro atoms.